The van der Waals surface area contributed by atoms with Gasteiger partial charge in [0.25, 0.3) is 0 Å². The zero-order valence-corrected chi connectivity index (χ0v) is 11.2. The summed E-state index contributed by atoms with van der Waals surface area (Å²) >= 11 is 0. The molecule has 0 radical (unpaired) electrons. The van der Waals surface area contributed by atoms with Gasteiger partial charge in [0.05, 0.1) is 26.9 Å². The highest BCUT2D eigenvalue weighted by Gasteiger charge is 2.30. The Morgan fingerprint density at radius 2 is 2.05 bits per heavy atom. The topological polar surface area (TPSA) is 70.8 Å². The van der Waals surface area contributed by atoms with Crippen molar-refractivity contribution in [2.75, 3.05) is 20.8 Å². The Morgan fingerprint density at radius 3 is 2.58 bits per heavy atom. The Kier molecular flexibility index (Phi) is 5.57. The van der Waals surface area contributed by atoms with Gasteiger partial charge in [-0.3, -0.25) is 0 Å². The molecule has 0 saturated carbocycles. The number of methoxy groups -OCH3 is 2. The molecule has 0 aliphatic heterocycles. The summed E-state index contributed by atoms with van der Waals surface area (Å²) in [6, 6.07) is 3.71. The first-order valence-electron chi connectivity index (χ1n) is 5.84. The molecular weight excluding hydrogens is 253 g/mol. The van der Waals surface area contributed by atoms with Crippen LogP contribution in [-0.2, 0) is 9.53 Å². The summed E-state index contributed by atoms with van der Waals surface area (Å²) in [4.78, 5) is 11.4. The Labute approximate surface area is 111 Å². The molecule has 0 heterocycles. The largest absolute Gasteiger partial charge is 0.493 e. The average Bonchev–Trinajstić information content (AvgIpc) is 2.44. The van der Waals surface area contributed by atoms with Crippen LogP contribution in [0.3, 0.4) is 0 Å². The number of rotatable bonds is 6. The van der Waals surface area contributed by atoms with Crippen molar-refractivity contribution in [3.05, 3.63) is 23.8 Å². The number of nitrogens with two attached hydrogens (primary N) is 1. The van der Waals surface area contributed by atoms with Gasteiger partial charge in [-0.1, -0.05) is 12.1 Å². The molecule has 0 spiro atoms. The molecule has 0 saturated heterocycles. The molecule has 0 bridgehead atoms. The molecule has 1 unspecified atom stereocenters. The third-order valence-corrected chi connectivity index (χ3v) is 2.62. The third-order valence-electron chi connectivity index (χ3n) is 2.62. The van der Waals surface area contributed by atoms with Crippen molar-refractivity contribution in [2.45, 2.75) is 19.1 Å². The van der Waals surface area contributed by atoms with E-state index in [2.05, 4.69) is 4.74 Å². The van der Waals surface area contributed by atoms with Gasteiger partial charge in [-0.2, -0.15) is 0 Å². The highest BCUT2D eigenvalue weighted by molar-refractivity contribution is 5.76. The van der Waals surface area contributed by atoms with E-state index in [9.17, 15) is 9.18 Å². The van der Waals surface area contributed by atoms with Crippen LogP contribution in [0, 0.1) is 0 Å². The lowest BCUT2D eigenvalue weighted by atomic mass is 10.0. The minimum absolute atomic E-state index is 0.0984. The van der Waals surface area contributed by atoms with E-state index in [0.29, 0.717) is 17.1 Å². The molecule has 2 atom stereocenters. The maximum atomic E-state index is 13.9. The zero-order valence-electron chi connectivity index (χ0n) is 11.2. The van der Waals surface area contributed by atoms with E-state index >= 15 is 0 Å². The molecule has 0 aromatic heterocycles. The van der Waals surface area contributed by atoms with Crippen molar-refractivity contribution in [1.29, 1.82) is 0 Å². The molecule has 106 valence electrons. The molecule has 19 heavy (non-hydrogen) atoms. The van der Waals surface area contributed by atoms with Gasteiger partial charge in [-0.05, 0) is 13.0 Å². The smallest absolute Gasteiger partial charge is 0.342 e. The lowest BCUT2D eigenvalue weighted by molar-refractivity contribution is -0.149. The lowest BCUT2D eigenvalue weighted by Gasteiger charge is -2.19. The summed E-state index contributed by atoms with van der Waals surface area (Å²) in [5.74, 6) is -0.254. The van der Waals surface area contributed by atoms with Crippen molar-refractivity contribution in [1.82, 2.24) is 0 Å². The van der Waals surface area contributed by atoms with Crippen LogP contribution in [-0.4, -0.2) is 33.0 Å². The SMILES string of the molecule is CCOC(=O)C(F)[C@@H](N)c1cccc(OC)c1OC. The summed E-state index contributed by atoms with van der Waals surface area (Å²) in [5.41, 5.74) is 6.11. The van der Waals surface area contributed by atoms with Gasteiger partial charge < -0.3 is 19.9 Å². The normalized spacial score (nSPS) is 13.5. The highest BCUT2D eigenvalue weighted by atomic mass is 19.1. The highest BCUT2D eigenvalue weighted by Crippen LogP contribution is 2.35. The van der Waals surface area contributed by atoms with Crippen LogP contribution in [0.1, 0.15) is 18.5 Å². The van der Waals surface area contributed by atoms with Crippen LogP contribution >= 0.6 is 0 Å². The fourth-order valence-corrected chi connectivity index (χ4v) is 1.70. The first-order chi connectivity index (χ1) is 9.06. The number of hydrogen-bond acceptors (Lipinski definition) is 5. The van der Waals surface area contributed by atoms with E-state index in [1.54, 1.807) is 25.1 Å². The molecule has 0 fully saturated rings. The minimum Gasteiger partial charge on any atom is -0.493 e. The molecule has 2 N–H and O–H groups in total. The Hall–Kier alpha value is -1.82. The van der Waals surface area contributed by atoms with Crippen molar-refractivity contribution in [2.24, 2.45) is 5.73 Å². The van der Waals surface area contributed by atoms with Crippen LogP contribution < -0.4 is 15.2 Å². The van der Waals surface area contributed by atoms with E-state index < -0.39 is 18.2 Å². The van der Waals surface area contributed by atoms with E-state index in [1.807, 2.05) is 0 Å². The molecule has 5 nitrogen and oxygen atoms in total. The number of halogens is 1. The van der Waals surface area contributed by atoms with Crippen LogP contribution in [0.2, 0.25) is 0 Å². The number of ether oxygens (including phenoxy) is 3. The number of alkyl halides is 1. The van der Waals surface area contributed by atoms with Gasteiger partial charge in [-0.25, -0.2) is 9.18 Å². The zero-order chi connectivity index (χ0) is 14.4. The van der Waals surface area contributed by atoms with Gasteiger partial charge in [0, 0.05) is 5.56 Å². The van der Waals surface area contributed by atoms with Crippen molar-refractivity contribution < 1.29 is 23.4 Å². The van der Waals surface area contributed by atoms with Gasteiger partial charge in [0.2, 0.25) is 6.17 Å². The summed E-state index contributed by atoms with van der Waals surface area (Å²) in [6.45, 7) is 1.70. The van der Waals surface area contributed by atoms with Crippen molar-refractivity contribution in [3.63, 3.8) is 0 Å². The molecule has 0 aliphatic rings. The van der Waals surface area contributed by atoms with Crippen LogP contribution in [0.5, 0.6) is 11.5 Å². The number of benzene rings is 1. The summed E-state index contributed by atoms with van der Waals surface area (Å²) in [5, 5.41) is 0. The molecular formula is C13H18FNO4. The number of esters is 1. The van der Waals surface area contributed by atoms with E-state index in [4.69, 9.17) is 15.2 Å². The number of carbonyl (C=O) groups is 1. The van der Waals surface area contributed by atoms with Gasteiger partial charge >= 0.3 is 5.97 Å². The second-order valence-electron chi connectivity index (χ2n) is 3.76. The first kappa shape index (κ1) is 15.2. The summed E-state index contributed by atoms with van der Waals surface area (Å²) in [7, 11) is 2.89. The Bertz CT molecular complexity index is 439. The lowest BCUT2D eigenvalue weighted by Crippen LogP contribution is -2.31. The van der Waals surface area contributed by atoms with Crippen LogP contribution in [0.25, 0.3) is 0 Å². The monoisotopic (exact) mass is 271 g/mol. The van der Waals surface area contributed by atoms with Crippen LogP contribution in [0.4, 0.5) is 4.39 Å². The maximum absolute atomic E-state index is 13.9. The Morgan fingerprint density at radius 1 is 1.37 bits per heavy atom. The fourth-order valence-electron chi connectivity index (χ4n) is 1.70. The predicted molar refractivity (Wildman–Crippen MR) is 68.0 cm³/mol. The van der Waals surface area contributed by atoms with Crippen molar-refractivity contribution in [3.8, 4) is 11.5 Å². The molecule has 6 heteroatoms. The molecule has 1 rings (SSSR count). The Balaban J connectivity index is 3.05. The fraction of sp³-hybridized carbons (Fsp3) is 0.462. The number of para-hydroxylation sites is 1. The van der Waals surface area contributed by atoms with E-state index in [0.717, 1.165) is 0 Å². The quantitative estimate of drug-likeness (QED) is 0.796. The number of carbonyl (C=O) groups excluding carboxylic acids is 1. The average molecular weight is 271 g/mol. The third kappa shape index (κ3) is 3.35. The second-order valence-corrected chi connectivity index (χ2v) is 3.76. The van der Waals surface area contributed by atoms with Gasteiger partial charge in [0.15, 0.2) is 11.5 Å². The summed E-state index contributed by atoms with van der Waals surface area (Å²) in [6.07, 6.45) is -1.96. The molecule has 0 amide bonds. The molecule has 0 aliphatic carbocycles. The predicted octanol–water partition coefficient (Wildman–Crippen LogP) is 1.60. The molecule has 1 aromatic carbocycles. The number of hydrogen-bond donors (Lipinski definition) is 1. The molecule has 1 aromatic rings. The minimum atomic E-state index is -1.96. The maximum Gasteiger partial charge on any atom is 0.342 e. The van der Waals surface area contributed by atoms with Gasteiger partial charge in [0.1, 0.15) is 0 Å². The second kappa shape index (κ2) is 6.94. The standard InChI is InChI=1S/C13H18FNO4/c1-4-19-13(16)10(14)11(15)8-6-5-7-9(17-2)12(8)18-3/h5-7,10-11H,4,15H2,1-3H3/t10?,11-/m0/s1. The summed E-state index contributed by atoms with van der Waals surface area (Å²) < 4.78 is 28.8. The van der Waals surface area contributed by atoms with E-state index in [-0.39, 0.29) is 6.61 Å². The first-order valence-corrected chi connectivity index (χ1v) is 5.84. The van der Waals surface area contributed by atoms with Crippen LogP contribution in [0.15, 0.2) is 18.2 Å². The van der Waals surface area contributed by atoms with E-state index in [1.165, 1.54) is 14.2 Å². The van der Waals surface area contributed by atoms with Crippen molar-refractivity contribution >= 4 is 5.97 Å². The van der Waals surface area contributed by atoms with Gasteiger partial charge in [-0.15, -0.1) is 0 Å².